The second kappa shape index (κ2) is 12.5. The van der Waals surface area contributed by atoms with Gasteiger partial charge in [0.25, 0.3) is 0 Å². The Labute approximate surface area is 257 Å². The molecule has 3 aromatic rings. The van der Waals surface area contributed by atoms with Crippen LogP contribution in [0.2, 0.25) is 0 Å². The average molecular weight is 664 g/mol. The summed E-state index contributed by atoms with van der Waals surface area (Å²) in [5.74, 6) is -4.66. The smallest absolute Gasteiger partial charge is 0.394 e. The highest BCUT2D eigenvalue weighted by Gasteiger charge is 2.53. The van der Waals surface area contributed by atoms with Crippen LogP contribution in [0.1, 0.15) is 49.1 Å². The van der Waals surface area contributed by atoms with E-state index in [1.54, 1.807) is 13.8 Å². The maximum Gasteiger partial charge on any atom is 0.416 e. The van der Waals surface area contributed by atoms with E-state index in [0.717, 1.165) is 16.9 Å². The van der Waals surface area contributed by atoms with E-state index in [1.165, 1.54) is 18.2 Å². The van der Waals surface area contributed by atoms with E-state index in [0.29, 0.717) is 23.9 Å². The molecule has 0 bridgehead atoms. The number of hydrogen-bond donors (Lipinski definition) is 4. The minimum Gasteiger partial charge on any atom is -0.394 e. The van der Waals surface area contributed by atoms with Crippen LogP contribution in [-0.2, 0) is 15.7 Å². The van der Waals surface area contributed by atoms with Crippen molar-refractivity contribution >= 4 is 11.8 Å². The van der Waals surface area contributed by atoms with E-state index in [-0.39, 0.29) is 36.3 Å². The van der Waals surface area contributed by atoms with Gasteiger partial charge in [0.15, 0.2) is 17.5 Å². The van der Waals surface area contributed by atoms with Crippen LogP contribution in [0.15, 0.2) is 42.6 Å². The molecule has 246 valence electrons. The molecule has 0 unspecified atom stereocenters. The summed E-state index contributed by atoms with van der Waals surface area (Å²) >= 11 is 0.689. The highest BCUT2D eigenvalue weighted by Crippen LogP contribution is 2.53. The first kappa shape index (κ1) is 33.6. The zero-order valence-electron chi connectivity index (χ0n) is 24.0. The zero-order valence-corrected chi connectivity index (χ0v) is 24.8. The SMILES string of the molecule is CC1(C)C[C@](O)([C@@H](S[C@@H]2O[C@H](CO)[C@H](O)[C@H](n3cc(-c4cc(F)c(F)c(F)c4)nn3)[C@H]2O)c2ccccc2C(F)(F)F)CCO1. The molecule has 2 aromatic carbocycles. The third-order valence-corrected chi connectivity index (χ3v) is 9.63. The molecule has 5 rings (SSSR count). The van der Waals surface area contributed by atoms with Crippen LogP contribution in [0.3, 0.4) is 0 Å². The number of halogens is 6. The molecule has 2 aliphatic rings. The van der Waals surface area contributed by atoms with Gasteiger partial charge < -0.3 is 29.9 Å². The Hall–Kier alpha value is -2.73. The van der Waals surface area contributed by atoms with Gasteiger partial charge in [0, 0.05) is 18.4 Å². The molecule has 0 saturated carbocycles. The van der Waals surface area contributed by atoms with Gasteiger partial charge in [-0.1, -0.05) is 23.4 Å². The molecular formula is C29H31F6N3O6S. The average Bonchev–Trinajstić information content (AvgIpc) is 3.44. The molecule has 0 radical (unpaired) electrons. The normalized spacial score (nSPS) is 29.5. The van der Waals surface area contributed by atoms with Crippen LogP contribution < -0.4 is 0 Å². The fourth-order valence-electron chi connectivity index (χ4n) is 5.96. The van der Waals surface area contributed by atoms with Crippen LogP contribution in [0.25, 0.3) is 11.3 Å². The van der Waals surface area contributed by atoms with Crippen LogP contribution in [0, 0.1) is 17.5 Å². The molecular weight excluding hydrogens is 632 g/mol. The second-order valence-corrected chi connectivity index (χ2v) is 13.0. The van der Waals surface area contributed by atoms with Gasteiger partial charge in [-0.25, -0.2) is 17.9 Å². The predicted molar refractivity (Wildman–Crippen MR) is 148 cm³/mol. The van der Waals surface area contributed by atoms with E-state index in [1.807, 2.05) is 0 Å². The number of aromatic nitrogens is 3. The number of benzene rings is 2. The Bertz CT molecular complexity index is 1500. The summed E-state index contributed by atoms with van der Waals surface area (Å²) in [6, 6.07) is 4.66. The molecule has 1 aromatic heterocycles. The Morgan fingerprint density at radius 2 is 1.76 bits per heavy atom. The van der Waals surface area contributed by atoms with E-state index in [2.05, 4.69) is 10.3 Å². The molecule has 0 aliphatic carbocycles. The van der Waals surface area contributed by atoms with Gasteiger partial charge in [-0.05, 0) is 37.6 Å². The number of ether oxygens (including phenoxy) is 2. The third kappa shape index (κ3) is 6.73. The van der Waals surface area contributed by atoms with Gasteiger partial charge in [-0.15, -0.1) is 16.9 Å². The largest absolute Gasteiger partial charge is 0.416 e. The van der Waals surface area contributed by atoms with E-state index >= 15 is 0 Å². The van der Waals surface area contributed by atoms with Crippen molar-refractivity contribution in [3.05, 3.63) is 71.2 Å². The van der Waals surface area contributed by atoms with Crippen molar-refractivity contribution in [1.29, 1.82) is 0 Å². The number of aliphatic hydroxyl groups is 4. The van der Waals surface area contributed by atoms with Gasteiger partial charge in [0.1, 0.15) is 35.5 Å². The first-order valence-electron chi connectivity index (χ1n) is 13.9. The van der Waals surface area contributed by atoms with Gasteiger partial charge >= 0.3 is 6.18 Å². The van der Waals surface area contributed by atoms with Crippen molar-refractivity contribution in [2.75, 3.05) is 13.2 Å². The molecule has 2 aliphatic heterocycles. The summed E-state index contributed by atoms with van der Waals surface area (Å²) in [6.45, 7) is 2.65. The number of alkyl halides is 3. The van der Waals surface area contributed by atoms with Crippen molar-refractivity contribution in [2.24, 2.45) is 0 Å². The lowest BCUT2D eigenvalue weighted by molar-refractivity contribution is -0.179. The molecule has 7 atom stereocenters. The van der Waals surface area contributed by atoms with Crippen LogP contribution in [-0.4, -0.2) is 83.6 Å². The first-order chi connectivity index (χ1) is 21.0. The Morgan fingerprint density at radius 1 is 1.09 bits per heavy atom. The number of thioether (sulfide) groups is 1. The molecule has 16 heteroatoms. The van der Waals surface area contributed by atoms with E-state index < -0.39 is 82.0 Å². The number of hydrogen-bond acceptors (Lipinski definition) is 9. The number of rotatable bonds is 7. The summed E-state index contributed by atoms with van der Waals surface area (Å²) in [6.07, 6.45) is -8.51. The lowest BCUT2D eigenvalue weighted by Gasteiger charge is -2.48. The fraction of sp³-hybridized carbons (Fsp3) is 0.517. The fourth-order valence-corrected chi connectivity index (χ4v) is 7.57. The van der Waals surface area contributed by atoms with Crippen molar-refractivity contribution < 1.29 is 56.2 Å². The van der Waals surface area contributed by atoms with Crippen LogP contribution >= 0.6 is 11.8 Å². The molecule has 3 heterocycles. The summed E-state index contributed by atoms with van der Waals surface area (Å²) in [5, 5.41) is 50.8. The van der Waals surface area contributed by atoms with Crippen LogP contribution in [0.5, 0.6) is 0 Å². The van der Waals surface area contributed by atoms with Gasteiger partial charge in [0.05, 0.1) is 41.4 Å². The quantitative estimate of drug-likeness (QED) is 0.218. The highest BCUT2D eigenvalue weighted by atomic mass is 32.2. The summed E-state index contributed by atoms with van der Waals surface area (Å²) < 4.78 is 96.4. The lowest BCUT2D eigenvalue weighted by atomic mass is 9.79. The topological polar surface area (TPSA) is 130 Å². The van der Waals surface area contributed by atoms with Crippen LogP contribution in [0.4, 0.5) is 26.3 Å². The summed E-state index contributed by atoms with van der Waals surface area (Å²) in [5.41, 5.74) is -5.75. The number of nitrogens with zero attached hydrogens (tertiary/aromatic N) is 3. The minimum absolute atomic E-state index is 0.0374. The van der Waals surface area contributed by atoms with Gasteiger partial charge in [0.2, 0.25) is 0 Å². The molecule has 0 amide bonds. The molecule has 2 saturated heterocycles. The van der Waals surface area contributed by atoms with E-state index in [4.69, 9.17) is 9.47 Å². The van der Waals surface area contributed by atoms with Crippen molar-refractivity contribution in [3.63, 3.8) is 0 Å². The highest BCUT2D eigenvalue weighted by molar-refractivity contribution is 8.00. The van der Waals surface area contributed by atoms with Crippen molar-refractivity contribution in [2.45, 2.75) is 79.1 Å². The zero-order chi connectivity index (χ0) is 32.9. The molecule has 4 N–H and O–H groups in total. The maximum absolute atomic E-state index is 14.2. The van der Waals surface area contributed by atoms with Gasteiger partial charge in [-0.3, -0.25) is 0 Å². The molecule has 0 spiro atoms. The third-order valence-electron chi connectivity index (χ3n) is 8.01. The first-order valence-corrected chi connectivity index (χ1v) is 14.9. The minimum atomic E-state index is -4.79. The van der Waals surface area contributed by atoms with Gasteiger partial charge in [-0.2, -0.15) is 13.2 Å². The Kier molecular flexibility index (Phi) is 9.32. The van der Waals surface area contributed by atoms with E-state index in [9.17, 15) is 46.8 Å². The Morgan fingerprint density at radius 3 is 2.38 bits per heavy atom. The molecule has 2 fully saturated rings. The lowest BCUT2D eigenvalue weighted by Crippen LogP contribution is -2.56. The van der Waals surface area contributed by atoms with Crippen molar-refractivity contribution in [1.82, 2.24) is 15.0 Å². The molecule has 9 nitrogen and oxygen atoms in total. The predicted octanol–water partition coefficient (Wildman–Crippen LogP) is 4.16. The second-order valence-electron chi connectivity index (χ2n) is 11.8. The number of aliphatic hydroxyl groups excluding tert-OH is 3. The van der Waals surface area contributed by atoms with Crippen molar-refractivity contribution in [3.8, 4) is 11.3 Å². The summed E-state index contributed by atoms with van der Waals surface area (Å²) in [4.78, 5) is 0. The molecule has 45 heavy (non-hydrogen) atoms. The summed E-state index contributed by atoms with van der Waals surface area (Å²) in [7, 11) is 0. The maximum atomic E-state index is 14.2. The monoisotopic (exact) mass is 663 g/mol. The standard InChI is InChI=1S/C29H31F6N3O6S/c1-27(2)13-28(42,7-8-43-27)25(15-5-3-4-6-16(15)29(33,34)35)45-26-24(41)22(23(40)20(12-39)44-26)38-11-19(36-37-38)14-9-17(30)21(32)18(31)10-14/h3-6,9-11,20,22-26,39-42H,7-8,12-13H2,1-2H3/t20-,22+,23+,24-,25+,26+,28+/m1/s1. The Balaban J connectivity index is 1.53.